The van der Waals surface area contributed by atoms with E-state index < -0.39 is 17.5 Å². The summed E-state index contributed by atoms with van der Waals surface area (Å²) >= 11 is 4.81. The molecule has 0 unspecified atom stereocenters. The van der Waals surface area contributed by atoms with Gasteiger partial charge in [-0.3, -0.25) is 9.59 Å². The maximum Gasteiger partial charge on any atom is 0.254 e. The normalized spacial score (nSPS) is 10.6. The molecule has 0 spiro atoms. The van der Waals surface area contributed by atoms with Crippen LogP contribution in [-0.2, 0) is 11.2 Å². The van der Waals surface area contributed by atoms with Gasteiger partial charge in [-0.1, -0.05) is 28.1 Å². The zero-order valence-electron chi connectivity index (χ0n) is 15.8. The molecule has 0 fully saturated rings. The van der Waals surface area contributed by atoms with Gasteiger partial charge in [0, 0.05) is 41.0 Å². The number of carbonyl (C=O) groups is 2. The fourth-order valence-corrected chi connectivity index (χ4v) is 3.78. The molecule has 3 rings (SSSR count). The van der Waals surface area contributed by atoms with E-state index in [1.165, 1.54) is 11.3 Å². The van der Waals surface area contributed by atoms with E-state index in [2.05, 4.69) is 31.5 Å². The molecule has 156 valence electrons. The Hall–Kier alpha value is -2.65. The van der Waals surface area contributed by atoms with Crippen molar-refractivity contribution >= 4 is 44.2 Å². The Balaban J connectivity index is 1.40. The summed E-state index contributed by atoms with van der Waals surface area (Å²) in [5.74, 6) is -2.54. The zero-order chi connectivity index (χ0) is 21.5. The van der Waals surface area contributed by atoms with E-state index in [1.54, 1.807) is 6.20 Å². The van der Waals surface area contributed by atoms with Gasteiger partial charge in [-0.25, -0.2) is 13.8 Å². The first kappa shape index (κ1) is 22.0. The number of hydrogen-bond donors (Lipinski definition) is 2. The van der Waals surface area contributed by atoms with Gasteiger partial charge >= 0.3 is 0 Å². The lowest BCUT2D eigenvalue weighted by Gasteiger charge is -2.06. The van der Waals surface area contributed by atoms with E-state index in [-0.39, 0.29) is 24.4 Å². The molecule has 2 amide bonds. The van der Waals surface area contributed by atoms with Crippen LogP contribution in [-0.4, -0.2) is 23.3 Å². The van der Waals surface area contributed by atoms with Crippen molar-refractivity contribution in [2.24, 2.45) is 0 Å². The second-order valence-electron chi connectivity index (χ2n) is 6.47. The van der Waals surface area contributed by atoms with Crippen molar-refractivity contribution in [1.29, 1.82) is 0 Å². The highest BCUT2D eigenvalue weighted by molar-refractivity contribution is 9.10. The third-order valence-electron chi connectivity index (χ3n) is 4.13. The molecule has 5 nitrogen and oxygen atoms in total. The number of rotatable bonds is 8. The number of hydrogen-bond acceptors (Lipinski definition) is 4. The van der Waals surface area contributed by atoms with Gasteiger partial charge < -0.3 is 10.6 Å². The van der Waals surface area contributed by atoms with Crippen LogP contribution < -0.4 is 10.6 Å². The van der Waals surface area contributed by atoms with Crippen molar-refractivity contribution in [2.75, 3.05) is 11.9 Å². The Morgan fingerprint density at radius 3 is 2.60 bits per heavy atom. The van der Waals surface area contributed by atoms with Crippen molar-refractivity contribution in [3.63, 3.8) is 0 Å². The lowest BCUT2D eigenvalue weighted by molar-refractivity contribution is -0.116. The minimum atomic E-state index is -0.923. The molecule has 9 heteroatoms. The average Bonchev–Trinajstić information content (AvgIpc) is 3.13. The van der Waals surface area contributed by atoms with Crippen molar-refractivity contribution in [3.05, 3.63) is 80.8 Å². The minimum Gasteiger partial charge on any atom is -0.352 e. The predicted molar refractivity (Wildman–Crippen MR) is 116 cm³/mol. The second-order valence-corrected chi connectivity index (χ2v) is 8.50. The van der Waals surface area contributed by atoms with Crippen LogP contribution in [0.3, 0.4) is 0 Å². The second kappa shape index (κ2) is 10.4. The number of aromatic nitrogens is 1. The van der Waals surface area contributed by atoms with Gasteiger partial charge in [0.25, 0.3) is 5.91 Å². The lowest BCUT2D eigenvalue weighted by atomic mass is 10.1. The van der Waals surface area contributed by atoms with Crippen molar-refractivity contribution in [1.82, 2.24) is 10.3 Å². The largest absolute Gasteiger partial charge is 0.352 e. The molecule has 3 aromatic rings. The van der Waals surface area contributed by atoms with Crippen LogP contribution in [0.25, 0.3) is 0 Å². The molecule has 30 heavy (non-hydrogen) atoms. The van der Waals surface area contributed by atoms with Gasteiger partial charge in [-0.2, -0.15) is 0 Å². The molecule has 0 bridgehead atoms. The SMILES string of the molecule is O=C(CCCNC(=O)c1ccc(F)cc1F)Nc1ncc(Cc2ccc(Br)cc2)s1. The van der Waals surface area contributed by atoms with Crippen LogP contribution >= 0.6 is 27.3 Å². The maximum absolute atomic E-state index is 13.6. The number of carbonyl (C=O) groups excluding carboxylic acids is 2. The summed E-state index contributed by atoms with van der Waals surface area (Å²) in [5, 5.41) is 5.77. The summed E-state index contributed by atoms with van der Waals surface area (Å²) in [6.07, 6.45) is 3.01. The van der Waals surface area contributed by atoms with Crippen molar-refractivity contribution < 1.29 is 18.4 Å². The highest BCUT2D eigenvalue weighted by Gasteiger charge is 2.12. The van der Waals surface area contributed by atoms with Crippen LogP contribution in [0.5, 0.6) is 0 Å². The van der Waals surface area contributed by atoms with Crippen LogP contribution in [0.4, 0.5) is 13.9 Å². The summed E-state index contributed by atoms with van der Waals surface area (Å²) in [4.78, 5) is 29.2. The first-order valence-corrected chi connectivity index (χ1v) is 10.7. The molecule has 0 aliphatic heterocycles. The summed E-state index contributed by atoms with van der Waals surface area (Å²) in [5.41, 5.74) is 0.912. The van der Waals surface area contributed by atoms with Crippen LogP contribution in [0.15, 0.2) is 53.1 Å². The molecule has 0 aliphatic carbocycles. The molecule has 0 saturated heterocycles. The Bertz CT molecular complexity index is 1040. The minimum absolute atomic E-state index is 0.174. The standard InChI is InChI=1S/C21H18BrF2N3O2S/c22-14-5-3-13(4-6-14)10-16-12-26-21(30-16)27-19(28)2-1-9-25-20(29)17-8-7-15(23)11-18(17)24/h3-8,11-12H,1-2,9-10H2,(H,25,29)(H,26,27,28). The van der Waals surface area contributed by atoms with Gasteiger partial charge in [0.2, 0.25) is 5.91 Å². The summed E-state index contributed by atoms with van der Waals surface area (Å²) < 4.78 is 27.5. The first-order chi connectivity index (χ1) is 14.4. The maximum atomic E-state index is 13.6. The first-order valence-electron chi connectivity index (χ1n) is 9.13. The molecule has 0 radical (unpaired) electrons. The number of nitrogens with zero attached hydrogens (tertiary/aromatic N) is 1. The Labute approximate surface area is 184 Å². The number of anilines is 1. The predicted octanol–water partition coefficient (Wildman–Crippen LogP) is 4.92. The van der Waals surface area contributed by atoms with Gasteiger partial charge in [-0.05, 0) is 36.2 Å². The molecule has 0 saturated carbocycles. The van der Waals surface area contributed by atoms with Crippen LogP contribution in [0, 0.1) is 11.6 Å². The lowest BCUT2D eigenvalue weighted by Crippen LogP contribution is -2.26. The van der Waals surface area contributed by atoms with Crippen molar-refractivity contribution in [3.8, 4) is 0 Å². The quantitative estimate of drug-likeness (QED) is 0.437. The topological polar surface area (TPSA) is 71.1 Å². The number of benzene rings is 2. The van der Waals surface area contributed by atoms with Crippen molar-refractivity contribution in [2.45, 2.75) is 19.3 Å². The van der Waals surface area contributed by atoms with E-state index >= 15 is 0 Å². The molecule has 1 heterocycles. The molecule has 0 atom stereocenters. The average molecular weight is 494 g/mol. The monoisotopic (exact) mass is 493 g/mol. The number of nitrogens with one attached hydrogen (secondary N) is 2. The van der Waals surface area contributed by atoms with E-state index in [4.69, 9.17) is 0 Å². The van der Waals surface area contributed by atoms with E-state index in [0.29, 0.717) is 17.6 Å². The third-order valence-corrected chi connectivity index (χ3v) is 5.57. The highest BCUT2D eigenvalue weighted by Crippen LogP contribution is 2.22. The highest BCUT2D eigenvalue weighted by atomic mass is 79.9. The van der Waals surface area contributed by atoms with Gasteiger partial charge in [0.05, 0.1) is 5.56 Å². The van der Waals surface area contributed by atoms with Gasteiger partial charge in [-0.15, -0.1) is 11.3 Å². The van der Waals surface area contributed by atoms with Gasteiger partial charge in [0.15, 0.2) is 5.13 Å². The van der Waals surface area contributed by atoms with E-state index in [9.17, 15) is 18.4 Å². The molecular weight excluding hydrogens is 476 g/mol. The Kier molecular flexibility index (Phi) is 7.64. The molecule has 2 N–H and O–H groups in total. The van der Waals surface area contributed by atoms with E-state index in [0.717, 1.165) is 33.5 Å². The summed E-state index contributed by atoms with van der Waals surface area (Å²) in [6.45, 7) is 0.190. The molecule has 1 aromatic heterocycles. The Morgan fingerprint density at radius 2 is 1.87 bits per heavy atom. The number of amides is 2. The van der Waals surface area contributed by atoms with E-state index in [1.807, 2.05) is 24.3 Å². The zero-order valence-corrected chi connectivity index (χ0v) is 18.2. The van der Waals surface area contributed by atoms with Gasteiger partial charge in [0.1, 0.15) is 11.6 Å². The summed E-state index contributed by atoms with van der Waals surface area (Å²) in [6, 6.07) is 10.7. The number of thiazole rings is 1. The smallest absolute Gasteiger partial charge is 0.254 e. The van der Waals surface area contributed by atoms with Crippen LogP contribution in [0.2, 0.25) is 0 Å². The molecule has 2 aromatic carbocycles. The molecule has 0 aliphatic rings. The number of halogens is 3. The Morgan fingerprint density at radius 1 is 1.10 bits per heavy atom. The fraction of sp³-hybridized carbons (Fsp3) is 0.190. The fourth-order valence-electron chi connectivity index (χ4n) is 2.65. The third kappa shape index (κ3) is 6.43. The molecular formula is C21H18BrF2N3O2S. The van der Waals surface area contributed by atoms with Crippen LogP contribution in [0.1, 0.15) is 33.6 Å². The summed E-state index contributed by atoms with van der Waals surface area (Å²) in [7, 11) is 0.